The average molecular weight is 619 g/mol. The number of carbonyl (C=O) groups is 1. The highest BCUT2D eigenvalue weighted by Gasteiger charge is 2.34. The van der Waals surface area contributed by atoms with E-state index in [1.807, 2.05) is 12.1 Å². The van der Waals surface area contributed by atoms with Gasteiger partial charge >= 0.3 is 6.18 Å². The number of hydrogen-bond donors (Lipinski definition) is 1. The number of anilines is 1. The number of halogens is 3. The van der Waals surface area contributed by atoms with Crippen LogP contribution in [0.1, 0.15) is 54.6 Å². The predicted molar refractivity (Wildman–Crippen MR) is 159 cm³/mol. The molecule has 1 heterocycles. The van der Waals surface area contributed by atoms with E-state index in [0.717, 1.165) is 36.2 Å². The highest BCUT2D eigenvalue weighted by atomic mass is 32.2. The van der Waals surface area contributed by atoms with Crippen molar-refractivity contribution in [2.45, 2.75) is 62.9 Å². The molecule has 0 saturated carbocycles. The fourth-order valence-electron chi connectivity index (χ4n) is 4.88. The van der Waals surface area contributed by atoms with Crippen molar-refractivity contribution in [3.05, 3.63) is 89.5 Å². The van der Waals surface area contributed by atoms with Crippen molar-refractivity contribution in [1.29, 1.82) is 0 Å². The molecule has 0 aliphatic carbocycles. The van der Waals surface area contributed by atoms with Gasteiger partial charge in [-0.1, -0.05) is 32.4 Å². The van der Waals surface area contributed by atoms with E-state index in [2.05, 4.69) is 17.1 Å². The highest BCUT2D eigenvalue weighted by Crippen LogP contribution is 2.32. The first kappa shape index (κ1) is 32.3. The molecule has 7 nitrogen and oxygen atoms in total. The van der Waals surface area contributed by atoms with Crippen LogP contribution >= 0.6 is 0 Å². The molecule has 2 atom stereocenters. The molecule has 232 valence electrons. The maximum absolute atomic E-state index is 12.9. The molecule has 1 saturated heterocycles. The van der Waals surface area contributed by atoms with Gasteiger partial charge in [0.2, 0.25) is 0 Å². The van der Waals surface area contributed by atoms with Crippen molar-refractivity contribution in [1.82, 2.24) is 5.32 Å². The van der Waals surface area contributed by atoms with Gasteiger partial charge in [-0.3, -0.25) is 4.79 Å². The van der Waals surface area contributed by atoms with E-state index >= 15 is 0 Å². The van der Waals surface area contributed by atoms with Crippen LogP contribution in [0.5, 0.6) is 5.75 Å². The lowest BCUT2D eigenvalue weighted by Gasteiger charge is -2.26. The molecule has 0 spiro atoms. The average Bonchev–Trinajstić information content (AvgIpc) is 3.40. The van der Waals surface area contributed by atoms with Crippen molar-refractivity contribution in [3.63, 3.8) is 0 Å². The zero-order chi connectivity index (χ0) is 31.0. The van der Waals surface area contributed by atoms with Gasteiger partial charge < -0.3 is 19.7 Å². The standard InChI is InChI=1S/C32H37F3N2O5S/c1-3-5-18-41-22-27-19-29(42-28-14-10-25(11-15-28)32(33,34)35)21-37(27)26-12-8-24(9-13-26)31(38)36-20-23-6-16-30(17-7-23)43(39,40)4-2/h6-17,27,29H,3-5,18-22H2,1-2H3,(H,36,38)/t27-,29+/m0/s1. The van der Waals surface area contributed by atoms with Gasteiger partial charge in [0.25, 0.3) is 5.91 Å². The normalized spacial score (nSPS) is 17.2. The molecule has 1 fully saturated rings. The molecule has 0 unspecified atom stereocenters. The minimum Gasteiger partial charge on any atom is -0.489 e. The minimum atomic E-state index is -4.40. The summed E-state index contributed by atoms with van der Waals surface area (Å²) in [6, 6.07) is 18.4. The molecule has 1 aliphatic rings. The predicted octanol–water partition coefficient (Wildman–Crippen LogP) is 6.27. The Hall–Kier alpha value is -3.57. The minimum absolute atomic E-state index is 0.00419. The third kappa shape index (κ3) is 8.73. The fourth-order valence-corrected chi connectivity index (χ4v) is 5.77. The highest BCUT2D eigenvalue weighted by molar-refractivity contribution is 7.91. The van der Waals surface area contributed by atoms with Crippen LogP contribution in [0.15, 0.2) is 77.7 Å². The molecule has 0 radical (unpaired) electrons. The van der Waals surface area contributed by atoms with E-state index < -0.39 is 21.6 Å². The van der Waals surface area contributed by atoms with Gasteiger partial charge in [0.15, 0.2) is 9.84 Å². The molecule has 1 aliphatic heterocycles. The number of alkyl halides is 3. The summed E-state index contributed by atoms with van der Waals surface area (Å²) in [5.41, 5.74) is 1.41. The van der Waals surface area contributed by atoms with Gasteiger partial charge in [-0.05, 0) is 72.6 Å². The number of nitrogens with one attached hydrogen (secondary N) is 1. The molecule has 4 rings (SSSR count). The van der Waals surface area contributed by atoms with E-state index in [4.69, 9.17) is 9.47 Å². The number of hydrogen-bond acceptors (Lipinski definition) is 6. The van der Waals surface area contributed by atoms with Gasteiger partial charge in [-0.15, -0.1) is 0 Å². The maximum atomic E-state index is 12.9. The number of unbranched alkanes of at least 4 members (excludes halogenated alkanes) is 1. The number of amides is 1. The van der Waals surface area contributed by atoms with Crippen LogP contribution in [0, 0.1) is 0 Å². The van der Waals surface area contributed by atoms with Crippen molar-refractivity contribution in [2.75, 3.05) is 30.4 Å². The van der Waals surface area contributed by atoms with Crippen molar-refractivity contribution < 1.29 is 35.9 Å². The van der Waals surface area contributed by atoms with Crippen LogP contribution in [0.2, 0.25) is 0 Å². The maximum Gasteiger partial charge on any atom is 0.416 e. The monoisotopic (exact) mass is 618 g/mol. The van der Waals surface area contributed by atoms with Crippen LogP contribution in [0.4, 0.5) is 18.9 Å². The smallest absolute Gasteiger partial charge is 0.416 e. The van der Waals surface area contributed by atoms with Gasteiger partial charge in [-0.25, -0.2) is 8.42 Å². The summed E-state index contributed by atoms with van der Waals surface area (Å²) in [7, 11) is -3.28. The lowest BCUT2D eigenvalue weighted by atomic mass is 10.1. The van der Waals surface area contributed by atoms with Gasteiger partial charge in [0.1, 0.15) is 11.9 Å². The number of benzene rings is 3. The van der Waals surface area contributed by atoms with Crippen LogP contribution in [-0.2, 0) is 27.3 Å². The molecule has 3 aromatic carbocycles. The molecule has 0 bridgehead atoms. The summed E-state index contributed by atoms with van der Waals surface area (Å²) in [6.45, 7) is 5.56. The summed E-state index contributed by atoms with van der Waals surface area (Å²) >= 11 is 0. The van der Waals surface area contributed by atoms with E-state index in [0.29, 0.717) is 37.5 Å². The van der Waals surface area contributed by atoms with Crippen LogP contribution in [0.25, 0.3) is 0 Å². The Morgan fingerprint density at radius 3 is 2.26 bits per heavy atom. The summed E-state index contributed by atoms with van der Waals surface area (Å²) in [5.74, 6) is 0.135. The molecular weight excluding hydrogens is 581 g/mol. The Labute approximate surface area is 250 Å². The lowest BCUT2D eigenvalue weighted by molar-refractivity contribution is -0.137. The third-order valence-corrected chi connectivity index (χ3v) is 9.14. The first-order valence-electron chi connectivity index (χ1n) is 14.4. The van der Waals surface area contributed by atoms with Crippen molar-refractivity contribution >= 4 is 21.4 Å². The zero-order valence-corrected chi connectivity index (χ0v) is 25.1. The Balaban J connectivity index is 1.39. The Bertz CT molecular complexity index is 1440. The van der Waals surface area contributed by atoms with Gasteiger partial charge in [0, 0.05) is 30.8 Å². The third-order valence-electron chi connectivity index (χ3n) is 7.39. The quantitative estimate of drug-likeness (QED) is 0.227. The van der Waals surface area contributed by atoms with Crippen LogP contribution in [-0.4, -0.2) is 52.0 Å². The Morgan fingerprint density at radius 2 is 1.65 bits per heavy atom. The molecule has 43 heavy (non-hydrogen) atoms. The Kier molecular flexibility index (Phi) is 10.7. The topological polar surface area (TPSA) is 84.9 Å². The SMILES string of the molecule is CCCCOC[C@@H]1C[C@@H](Oc2ccc(C(F)(F)F)cc2)CN1c1ccc(C(=O)NCc2ccc(S(=O)(=O)CC)cc2)cc1. The van der Waals surface area contributed by atoms with Crippen LogP contribution < -0.4 is 15.0 Å². The van der Waals surface area contributed by atoms with E-state index in [1.165, 1.54) is 12.1 Å². The second-order valence-corrected chi connectivity index (χ2v) is 12.8. The molecule has 0 aromatic heterocycles. The second kappa shape index (κ2) is 14.3. The molecule has 1 amide bonds. The molecule has 11 heteroatoms. The number of rotatable bonds is 13. The molecule has 1 N–H and O–H groups in total. The number of ether oxygens (including phenoxy) is 2. The van der Waals surface area contributed by atoms with Gasteiger partial charge in [0.05, 0.1) is 35.4 Å². The van der Waals surface area contributed by atoms with E-state index in [9.17, 15) is 26.4 Å². The summed E-state index contributed by atoms with van der Waals surface area (Å²) in [5, 5.41) is 2.86. The largest absolute Gasteiger partial charge is 0.489 e. The first-order valence-corrected chi connectivity index (χ1v) is 16.0. The second-order valence-electron chi connectivity index (χ2n) is 10.5. The van der Waals surface area contributed by atoms with Gasteiger partial charge in [-0.2, -0.15) is 13.2 Å². The molecular formula is C32H37F3N2O5S. The van der Waals surface area contributed by atoms with E-state index in [-0.39, 0.29) is 35.2 Å². The van der Waals surface area contributed by atoms with E-state index in [1.54, 1.807) is 43.3 Å². The summed E-state index contributed by atoms with van der Waals surface area (Å²) in [6.07, 6.45) is -2.06. The van der Waals surface area contributed by atoms with Crippen molar-refractivity contribution in [2.24, 2.45) is 0 Å². The zero-order valence-electron chi connectivity index (χ0n) is 24.3. The summed E-state index contributed by atoms with van der Waals surface area (Å²) in [4.78, 5) is 15.2. The molecule has 3 aromatic rings. The Morgan fingerprint density at radius 1 is 0.977 bits per heavy atom. The number of nitrogens with zero attached hydrogens (tertiary/aromatic N) is 1. The number of carbonyl (C=O) groups excluding carboxylic acids is 1. The fraction of sp³-hybridized carbons (Fsp3) is 0.406. The lowest BCUT2D eigenvalue weighted by Crippen LogP contribution is -2.33. The first-order chi connectivity index (χ1) is 20.5. The van der Waals surface area contributed by atoms with Crippen LogP contribution in [0.3, 0.4) is 0 Å². The van der Waals surface area contributed by atoms with Crippen molar-refractivity contribution in [3.8, 4) is 5.75 Å². The summed E-state index contributed by atoms with van der Waals surface area (Å²) < 4.78 is 74.8. The number of sulfone groups is 1.